The SMILES string of the molecule is CCc1ccc(/C(Cl)=C(/C)C(=O)O)cc1. The molecule has 3 heteroatoms. The van der Waals surface area contributed by atoms with E-state index in [1.54, 1.807) is 0 Å². The van der Waals surface area contributed by atoms with Gasteiger partial charge in [-0.2, -0.15) is 0 Å². The van der Waals surface area contributed by atoms with Crippen molar-refractivity contribution in [3.63, 3.8) is 0 Å². The van der Waals surface area contributed by atoms with Gasteiger partial charge in [0.25, 0.3) is 0 Å². The first-order chi connectivity index (χ1) is 7.06. The lowest BCUT2D eigenvalue weighted by Gasteiger charge is -2.03. The second-order valence-electron chi connectivity index (χ2n) is 3.29. The number of carbonyl (C=O) groups is 1. The van der Waals surface area contributed by atoms with Crippen LogP contribution in [0.25, 0.3) is 5.03 Å². The van der Waals surface area contributed by atoms with Gasteiger partial charge in [-0.05, 0) is 24.5 Å². The summed E-state index contributed by atoms with van der Waals surface area (Å²) >= 11 is 5.95. The van der Waals surface area contributed by atoms with Crippen LogP contribution in [0.1, 0.15) is 25.0 Å². The third-order valence-electron chi connectivity index (χ3n) is 2.27. The van der Waals surface area contributed by atoms with Crippen LogP contribution < -0.4 is 0 Å². The standard InChI is InChI=1S/C12H13ClO2/c1-3-9-4-6-10(7-5-9)11(13)8(2)12(14)15/h4-7H,3H2,1-2H3,(H,14,15)/b11-8+. The van der Waals surface area contributed by atoms with Crippen LogP contribution in [0, 0.1) is 0 Å². The van der Waals surface area contributed by atoms with Crippen LogP contribution in [0.4, 0.5) is 0 Å². The fraction of sp³-hybridized carbons (Fsp3) is 0.250. The Morgan fingerprint density at radius 2 is 1.87 bits per heavy atom. The maximum Gasteiger partial charge on any atom is 0.332 e. The van der Waals surface area contributed by atoms with Gasteiger partial charge < -0.3 is 5.11 Å². The molecule has 0 aliphatic rings. The van der Waals surface area contributed by atoms with Crippen LogP contribution >= 0.6 is 11.6 Å². The van der Waals surface area contributed by atoms with E-state index < -0.39 is 5.97 Å². The van der Waals surface area contributed by atoms with Gasteiger partial charge in [0.15, 0.2) is 0 Å². The van der Waals surface area contributed by atoms with Crippen molar-refractivity contribution in [3.05, 3.63) is 41.0 Å². The molecule has 2 nitrogen and oxygen atoms in total. The highest BCUT2D eigenvalue weighted by Crippen LogP contribution is 2.23. The maximum atomic E-state index is 10.7. The van der Waals surface area contributed by atoms with E-state index in [-0.39, 0.29) is 5.57 Å². The summed E-state index contributed by atoms with van der Waals surface area (Å²) < 4.78 is 0. The van der Waals surface area contributed by atoms with E-state index >= 15 is 0 Å². The van der Waals surface area contributed by atoms with Gasteiger partial charge in [-0.1, -0.05) is 42.8 Å². The molecule has 1 N–H and O–H groups in total. The van der Waals surface area contributed by atoms with Gasteiger partial charge in [0.05, 0.1) is 10.6 Å². The molecular formula is C12H13ClO2. The average molecular weight is 225 g/mol. The first kappa shape index (κ1) is 11.8. The van der Waals surface area contributed by atoms with E-state index in [1.807, 2.05) is 24.3 Å². The molecule has 0 spiro atoms. The van der Waals surface area contributed by atoms with E-state index in [4.69, 9.17) is 16.7 Å². The number of rotatable bonds is 3. The number of hydrogen-bond acceptors (Lipinski definition) is 1. The van der Waals surface area contributed by atoms with Crippen LogP contribution in [-0.4, -0.2) is 11.1 Å². The summed E-state index contributed by atoms with van der Waals surface area (Å²) in [6, 6.07) is 7.58. The van der Waals surface area contributed by atoms with E-state index in [0.717, 1.165) is 12.0 Å². The molecule has 0 aliphatic carbocycles. The normalized spacial score (nSPS) is 12.2. The smallest absolute Gasteiger partial charge is 0.332 e. The van der Waals surface area contributed by atoms with Crippen LogP contribution in [-0.2, 0) is 11.2 Å². The molecule has 0 bridgehead atoms. The van der Waals surface area contributed by atoms with Crippen molar-refractivity contribution >= 4 is 22.6 Å². The number of aliphatic carboxylic acids is 1. The summed E-state index contributed by atoms with van der Waals surface area (Å²) in [7, 11) is 0. The van der Waals surface area contributed by atoms with Gasteiger partial charge in [-0.15, -0.1) is 0 Å². The van der Waals surface area contributed by atoms with Crippen LogP contribution in [0.15, 0.2) is 29.8 Å². The Morgan fingerprint density at radius 1 is 1.33 bits per heavy atom. The average Bonchev–Trinajstić information content (AvgIpc) is 2.27. The highest BCUT2D eigenvalue weighted by atomic mass is 35.5. The summed E-state index contributed by atoms with van der Waals surface area (Å²) in [6.07, 6.45) is 0.958. The summed E-state index contributed by atoms with van der Waals surface area (Å²) in [6.45, 7) is 3.56. The lowest BCUT2D eigenvalue weighted by molar-refractivity contribution is -0.132. The highest BCUT2D eigenvalue weighted by molar-refractivity contribution is 6.50. The van der Waals surface area contributed by atoms with Crippen LogP contribution in [0.2, 0.25) is 0 Å². The quantitative estimate of drug-likeness (QED) is 0.800. The Morgan fingerprint density at radius 3 is 2.27 bits per heavy atom. The molecule has 1 aromatic rings. The molecule has 1 rings (SSSR count). The molecule has 0 radical (unpaired) electrons. The molecule has 0 atom stereocenters. The molecule has 0 aromatic heterocycles. The van der Waals surface area contributed by atoms with Gasteiger partial charge in [0, 0.05) is 0 Å². The molecule has 0 heterocycles. The predicted molar refractivity (Wildman–Crippen MR) is 61.9 cm³/mol. The van der Waals surface area contributed by atoms with E-state index in [1.165, 1.54) is 12.5 Å². The Balaban J connectivity index is 3.07. The van der Waals surface area contributed by atoms with E-state index in [0.29, 0.717) is 5.03 Å². The largest absolute Gasteiger partial charge is 0.478 e. The number of benzene rings is 1. The van der Waals surface area contributed by atoms with Gasteiger partial charge in [0.2, 0.25) is 0 Å². The summed E-state index contributed by atoms with van der Waals surface area (Å²) in [5.41, 5.74) is 2.12. The number of carboxylic acid groups (broad SMARTS) is 1. The molecule has 0 saturated carbocycles. The summed E-state index contributed by atoms with van der Waals surface area (Å²) in [5.74, 6) is -0.987. The number of hydrogen-bond donors (Lipinski definition) is 1. The molecular weight excluding hydrogens is 212 g/mol. The van der Waals surface area contributed by atoms with Gasteiger partial charge in [-0.3, -0.25) is 0 Å². The minimum Gasteiger partial charge on any atom is -0.478 e. The Bertz CT molecular complexity index is 391. The number of halogens is 1. The molecule has 0 aliphatic heterocycles. The Kier molecular flexibility index (Phi) is 3.92. The molecule has 15 heavy (non-hydrogen) atoms. The van der Waals surface area contributed by atoms with E-state index in [9.17, 15) is 4.79 Å². The van der Waals surface area contributed by atoms with Crippen molar-refractivity contribution in [2.75, 3.05) is 0 Å². The lowest BCUT2D eigenvalue weighted by Crippen LogP contribution is -1.98. The zero-order chi connectivity index (χ0) is 11.4. The van der Waals surface area contributed by atoms with Gasteiger partial charge in [0.1, 0.15) is 0 Å². The Labute approximate surface area is 94.2 Å². The Hall–Kier alpha value is -1.28. The van der Waals surface area contributed by atoms with Crippen molar-refractivity contribution in [1.29, 1.82) is 0 Å². The zero-order valence-electron chi connectivity index (χ0n) is 8.75. The monoisotopic (exact) mass is 224 g/mol. The second-order valence-corrected chi connectivity index (χ2v) is 3.67. The molecule has 80 valence electrons. The predicted octanol–water partition coefficient (Wildman–Crippen LogP) is 3.30. The molecule has 0 amide bonds. The molecule has 1 aromatic carbocycles. The fourth-order valence-electron chi connectivity index (χ4n) is 1.20. The van der Waals surface area contributed by atoms with Crippen molar-refractivity contribution in [3.8, 4) is 0 Å². The maximum absolute atomic E-state index is 10.7. The molecule has 0 fully saturated rings. The number of aryl methyl sites for hydroxylation is 1. The number of carboxylic acids is 1. The van der Waals surface area contributed by atoms with Crippen molar-refractivity contribution in [1.82, 2.24) is 0 Å². The third-order valence-corrected chi connectivity index (χ3v) is 2.77. The lowest BCUT2D eigenvalue weighted by atomic mass is 10.1. The van der Waals surface area contributed by atoms with Crippen LogP contribution in [0.5, 0.6) is 0 Å². The highest BCUT2D eigenvalue weighted by Gasteiger charge is 2.08. The fourth-order valence-corrected chi connectivity index (χ4v) is 1.40. The molecule has 0 saturated heterocycles. The van der Waals surface area contributed by atoms with E-state index in [2.05, 4.69) is 6.92 Å². The summed E-state index contributed by atoms with van der Waals surface area (Å²) in [4.78, 5) is 10.7. The topological polar surface area (TPSA) is 37.3 Å². The first-order valence-corrected chi connectivity index (χ1v) is 5.13. The third kappa shape index (κ3) is 2.83. The summed E-state index contributed by atoms with van der Waals surface area (Å²) in [5, 5.41) is 9.07. The minimum atomic E-state index is -0.987. The molecule has 0 unspecified atom stereocenters. The van der Waals surface area contributed by atoms with Gasteiger partial charge >= 0.3 is 5.97 Å². The van der Waals surface area contributed by atoms with Gasteiger partial charge in [-0.25, -0.2) is 4.79 Å². The first-order valence-electron chi connectivity index (χ1n) is 4.75. The second kappa shape index (κ2) is 4.99. The van der Waals surface area contributed by atoms with Crippen molar-refractivity contribution in [2.24, 2.45) is 0 Å². The minimum absolute atomic E-state index is 0.168. The zero-order valence-corrected chi connectivity index (χ0v) is 9.51. The van der Waals surface area contributed by atoms with Crippen molar-refractivity contribution in [2.45, 2.75) is 20.3 Å². The van der Waals surface area contributed by atoms with Crippen molar-refractivity contribution < 1.29 is 9.90 Å². The van der Waals surface area contributed by atoms with Crippen LogP contribution in [0.3, 0.4) is 0 Å².